The summed E-state index contributed by atoms with van der Waals surface area (Å²) in [5.74, 6) is -0.264. The summed E-state index contributed by atoms with van der Waals surface area (Å²) in [6, 6.07) is 14.3. The number of fused-ring (bicyclic) bond motifs is 1. The summed E-state index contributed by atoms with van der Waals surface area (Å²) in [5, 5.41) is 2.48. The van der Waals surface area contributed by atoms with Crippen LogP contribution in [0, 0.1) is 0 Å². The molecule has 0 fully saturated rings. The van der Waals surface area contributed by atoms with E-state index in [2.05, 4.69) is 5.32 Å². The molecule has 2 aromatic rings. The maximum atomic E-state index is 13.2. The Hall–Kier alpha value is -3.88. The Morgan fingerprint density at radius 3 is 2.58 bits per heavy atom. The number of halogens is 1. The molecule has 0 saturated carbocycles. The van der Waals surface area contributed by atoms with Gasteiger partial charge in [-0.05, 0) is 56.5 Å². The molecule has 0 unspecified atom stereocenters. The molecule has 8 nitrogen and oxygen atoms in total. The summed E-state index contributed by atoms with van der Waals surface area (Å²) >= 11 is 0. The SMILES string of the molecule is CC(C)(C)OC(=O)NC/C(=C\F)COc1ccc2c(c1)CCN(CC(=O)OCc1ccccc1)C2=O. The van der Waals surface area contributed by atoms with Gasteiger partial charge in [-0.15, -0.1) is 0 Å². The molecule has 0 aromatic heterocycles. The van der Waals surface area contributed by atoms with Crippen LogP contribution in [0.15, 0.2) is 60.4 Å². The van der Waals surface area contributed by atoms with Crippen molar-refractivity contribution in [3.8, 4) is 5.75 Å². The largest absolute Gasteiger partial charge is 0.489 e. The summed E-state index contributed by atoms with van der Waals surface area (Å²) in [6.45, 7) is 5.45. The van der Waals surface area contributed by atoms with Gasteiger partial charge in [0.25, 0.3) is 5.91 Å². The van der Waals surface area contributed by atoms with Gasteiger partial charge in [-0.2, -0.15) is 0 Å². The van der Waals surface area contributed by atoms with Crippen molar-refractivity contribution in [2.45, 2.75) is 39.4 Å². The number of hydrogen-bond donors (Lipinski definition) is 1. The molecule has 1 aliphatic rings. The van der Waals surface area contributed by atoms with Crippen LogP contribution in [0.2, 0.25) is 0 Å². The van der Waals surface area contributed by atoms with Crippen LogP contribution in [-0.2, 0) is 27.3 Å². The first-order chi connectivity index (χ1) is 17.1. The Kier molecular flexibility index (Phi) is 9.05. The Balaban J connectivity index is 1.49. The van der Waals surface area contributed by atoms with E-state index in [0.29, 0.717) is 30.6 Å². The van der Waals surface area contributed by atoms with Crippen LogP contribution in [0.4, 0.5) is 9.18 Å². The zero-order valence-electron chi connectivity index (χ0n) is 20.7. The molecular formula is C27H31FN2O6. The predicted octanol–water partition coefficient (Wildman–Crippen LogP) is 4.19. The second kappa shape index (κ2) is 12.2. The third-order valence-electron chi connectivity index (χ3n) is 5.25. The highest BCUT2D eigenvalue weighted by Gasteiger charge is 2.27. The Morgan fingerprint density at radius 2 is 1.89 bits per heavy atom. The van der Waals surface area contributed by atoms with E-state index in [0.717, 1.165) is 11.1 Å². The van der Waals surface area contributed by atoms with Crippen molar-refractivity contribution in [1.82, 2.24) is 10.2 Å². The minimum absolute atomic E-state index is 0.0653. The van der Waals surface area contributed by atoms with Crippen LogP contribution in [0.1, 0.15) is 42.3 Å². The van der Waals surface area contributed by atoms with E-state index in [1.807, 2.05) is 30.3 Å². The molecule has 3 rings (SSSR count). The molecule has 192 valence electrons. The highest BCUT2D eigenvalue weighted by molar-refractivity contribution is 5.98. The fourth-order valence-corrected chi connectivity index (χ4v) is 3.49. The molecule has 1 heterocycles. The number of nitrogens with one attached hydrogen (secondary N) is 1. The summed E-state index contributed by atoms with van der Waals surface area (Å²) < 4.78 is 29.3. The quantitative estimate of drug-likeness (QED) is 0.521. The van der Waals surface area contributed by atoms with Gasteiger partial charge in [0.2, 0.25) is 0 Å². The monoisotopic (exact) mass is 498 g/mol. The molecule has 2 amide bonds. The third kappa shape index (κ3) is 8.11. The minimum Gasteiger partial charge on any atom is -0.489 e. The summed E-state index contributed by atoms with van der Waals surface area (Å²) in [7, 11) is 0. The maximum Gasteiger partial charge on any atom is 0.407 e. The normalized spacial score (nSPS) is 13.6. The maximum absolute atomic E-state index is 13.2. The van der Waals surface area contributed by atoms with E-state index in [9.17, 15) is 18.8 Å². The minimum atomic E-state index is -0.654. The van der Waals surface area contributed by atoms with Gasteiger partial charge < -0.3 is 24.4 Å². The van der Waals surface area contributed by atoms with Crippen molar-refractivity contribution >= 4 is 18.0 Å². The highest BCUT2D eigenvalue weighted by Crippen LogP contribution is 2.24. The zero-order valence-corrected chi connectivity index (χ0v) is 20.7. The lowest BCUT2D eigenvalue weighted by Gasteiger charge is -2.28. The fourth-order valence-electron chi connectivity index (χ4n) is 3.49. The molecule has 0 bridgehead atoms. The fraction of sp³-hybridized carbons (Fsp3) is 0.370. The number of hydrogen-bond acceptors (Lipinski definition) is 6. The number of amides is 2. The van der Waals surface area contributed by atoms with Crippen molar-refractivity contribution < 1.29 is 33.0 Å². The van der Waals surface area contributed by atoms with Gasteiger partial charge in [-0.25, -0.2) is 9.18 Å². The van der Waals surface area contributed by atoms with E-state index < -0.39 is 17.7 Å². The van der Waals surface area contributed by atoms with Gasteiger partial charge in [-0.1, -0.05) is 30.3 Å². The number of carbonyl (C=O) groups excluding carboxylic acids is 3. The van der Waals surface area contributed by atoms with Gasteiger partial charge in [0, 0.05) is 24.2 Å². The molecule has 1 aliphatic heterocycles. The average molecular weight is 499 g/mol. The second-order valence-electron chi connectivity index (χ2n) is 9.35. The number of alkyl carbamates (subject to hydrolysis) is 1. The highest BCUT2D eigenvalue weighted by atomic mass is 19.1. The molecular weight excluding hydrogens is 467 g/mol. The number of ether oxygens (including phenoxy) is 3. The molecule has 0 spiro atoms. The number of carbonyl (C=O) groups is 3. The molecule has 0 aliphatic carbocycles. The van der Waals surface area contributed by atoms with Crippen LogP contribution < -0.4 is 10.1 Å². The second-order valence-corrected chi connectivity index (χ2v) is 9.35. The standard InChI is InChI=1S/C27H31FN2O6/c1-27(2,3)36-26(33)29-15-20(14-28)18-34-22-9-10-23-21(13-22)11-12-30(25(23)32)16-24(31)35-17-19-7-5-4-6-8-19/h4-10,13-14H,11-12,15-18H2,1-3H3,(H,29,33)/b20-14+. The topological polar surface area (TPSA) is 94.2 Å². The first-order valence-electron chi connectivity index (χ1n) is 11.6. The van der Waals surface area contributed by atoms with E-state index in [1.54, 1.807) is 39.0 Å². The lowest BCUT2D eigenvalue weighted by atomic mass is 9.98. The summed E-state index contributed by atoms with van der Waals surface area (Å²) in [6.07, 6.45) is 0.271. The van der Waals surface area contributed by atoms with Crippen LogP contribution in [0.25, 0.3) is 0 Å². The van der Waals surface area contributed by atoms with Crippen molar-refractivity contribution in [1.29, 1.82) is 0 Å². The van der Waals surface area contributed by atoms with Crippen molar-refractivity contribution in [3.63, 3.8) is 0 Å². The van der Waals surface area contributed by atoms with Crippen LogP contribution in [0.3, 0.4) is 0 Å². The van der Waals surface area contributed by atoms with Gasteiger partial charge in [-0.3, -0.25) is 9.59 Å². The van der Waals surface area contributed by atoms with Gasteiger partial charge in [0.1, 0.15) is 31.1 Å². The number of esters is 1. The van der Waals surface area contributed by atoms with Crippen LogP contribution >= 0.6 is 0 Å². The molecule has 0 radical (unpaired) electrons. The van der Waals surface area contributed by atoms with Crippen LogP contribution in [0.5, 0.6) is 5.75 Å². The van der Waals surface area contributed by atoms with Crippen molar-refractivity contribution in [3.05, 3.63) is 77.1 Å². The Morgan fingerprint density at radius 1 is 1.14 bits per heavy atom. The van der Waals surface area contributed by atoms with E-state index >= 15 is 0 Å². The molecule has 1 N–H and O–H groups in total. The average Bonchev–Trinajstić information content (AvgIpc) is 2.84. The molecule has 36 heavy (non-hydrogen) atoms. The van der Waals surface area contributed by atoms with Crippen LogP contribution in [-0.4, -0.2) is 54.7 Å². The third-order valence-corrected chi connectivity index (χ3v) is 5.25. The molecule has 9 heteroatoms. The van der Waals surface area contributed by atoms with Gasteiger partial charge in [0.15, 0.2) is 0 Å². The van der Waals surface area contributed by atoms with Gasteiger partial charge >= 0.3 is 12.1 Å². The first kappa shape index (κ1) is 26.7. The van der Waals surface area contributed by atoms with Crippen molar-refractivity contribution in [2.24, 2.45) is 0 Å². The number of benzene rings is 2. The molecule has 2 aromatic carbocycles. The lowest BCUT2D eigenvalue weighted by Crippen LogP contribution is -2.41. The summed E-state index contributed by atoms with van der Waals surface area (Å²) in [4.78, 5) is 38.3. The summed E-state index contributed by atoms with van der Waals surface area (Å²) in [5.41, 5.74) is 1.70. The van der Waals surface area contributed by atoms with E-state index in [-0.39, 0.29) is 37.8 Å². The lowest BCUT2D eigenvalue weighted by molar-refractivity contribution is -0.145. The predicted molar refractivity (Wildman–Crippen MR) is 131 cm³/mol. The van der Waals surface area contributed by atoms with E-state index in [1.165, 1.54) is 4.90 Å². The van der Waals surface area contributed by atoms with Crippen molar-refractivity contribution in [2.75, 3.05) is 26.2 Å². The first-order valence-corrected chi connectivity index (χ1v) is 11.6. The molecule has 0 saturated heterocycles. The number of nitrogens with zero attached hydrogens (tertiary/aromatic N) is 1. The number of rotatable bonds is 9. The Labute approximate surface area is 210 Å². The van der Waals surface area contributed by atoms with Gasteiger partial charge in [0.05, 0.1) is 6.33 Å². The molecule has 0 atom stereocenters. The Bertz CT molecular complexity index is 1110. The smallest absolute Gasteiger partial charge is 0.407 e. The zero-order chi connectivity index (χ0) is 26.1. The van der Waals surface area contributed by atoms with E-state index in [4.69, 9.17) is 14.2 Å².